The number of aromatic nitrogens is 1. The Morgan fingerprint density at radius 2 is 1.57 bits per heavy atom. The van der Waals surface area contributed by atoms with Gasteiger partial charge in [-0.1, -0.05) is 13.8 Å². The van der Waals surface area contributed by atoms with E-state index >= 15 is 0 Å². The molecule has 0 aromatic carbocycles. The number of sulfonamides is 1. The topological polar surface area (TPSA) is 91.5 Å². The van der Waals surface area contributed by atoms with Gasteiger partial charge in [0.25, 0.3) is 0 Å². The summed E-state index contributed by atoms with van der Waals surface area (Å²) in [6.45, 7) is 11.7. The molecule has 0 spiro atoms. The first kappa shape index (κ1) is 18.1. The van der Waals surface area contributed by atoms with Crippen molar-refractivity contribution in [2.75, 3.05) is 0 Å². The second-order valence-electron chi connectivity index (χ2n) is 5.59. The Morgan fingerprint density at radius 3 is 2.00 bits per heavy atom. The molecule has 2 heterocycles. The third-order valence-electron chi connectivity index (χ3n) is 3.59. The highest BCUT2D eigenvalue weighted by atomic mass is 32.2. The monoisotopic (exact) mass is 314 g/mol. The minimum Gasteiger partial charge on any atom is -0.399 e. The number of hydrogen-bond acceptors (Lipinski definition) is 5. The van der Waals surface area contributed by atoms with Crippen molar-refractivity contribution >= 4 is 22.6 Å². The quantitative estimate of drug-likeness (QED) is 0.824. The standard InChI is InChI=1S/C11H17BN2O4S.C2H6/c1-10(2)11(3,4)18-12(17-10)8-5-9(7-14-6-8)19(13,15)16;1-2/h5-7H,1-4H3,(H2,13,15,16);1-2H3. The summed E-state index contributed by atoms with van der Waals surface area (Å²) in [6, 6.07) is 1.42. The molecular formula is C13H23BN2O4S. The van der Waals surface area contributed by atoms with Gasteiger partial charge in [0.15, 0.2) is 0 Å². The number of nitrogens with zero attached hydrogens (tertiary/aromatic N) is 1. The summed E-state index contributed by atoms with van der Waals surface area (Å²) in [5.41, 5.74) is -0.449. The molecule has 0 amide bonds. The summed E-state index contributed by atoms with van der Waals surface area (Å²) < 4.78 is 34.3. The highest BCUT2D eigenvalue weighted by Gasteiger charge is 2.51. The van der Waals surface area contributed by atoms with Gasteiger partial charge in [0.05, 0.1) is 16.1 Å². The summed E-state index contributed by atoms with van der Waals surface area (Å²) in [5.74, 6) is 0. The van der Waals surface area contributed by atoms with E-state index in [-0.39, 0.29) is 4.90 Å². The van der Waals surface area contributed by atoms with Crippen LogP contribution in [-0.2, 0) is 19.3 Å². The predicted octanol–water partition coefficient (Wildman–Crippen LogP) is 1.05. The van der Waals surface area contributed by atoms with Crippen LogP contribution in [0.1, 0.15) is 41.5 Å². The van der Waals surface area contributed by atoms with Crippen LogP contribution in [0.2, 0.25) is 0 Å². The molecule has 1 saturated heterocycles. The van der Waals surface area contributed by atoms with Crippen molar-refractivity contribution < 1.29 is 17.7 Å². The molecule has 2 rings (SSSR count). The highest BCUT2D eigenvalue weighted by Crippen LogP contribution is 2.36. The van der Waals surface area contributed by atoms with E-state index in [1.165, 1.54) is 18.5 Å². The van der Waals surface area contributed by atoms with Gasteiger partial charge < -0.3 is 9.31 Å². The van der Waals surface area contributed by atoms with E-state index in [0.717, 1.165) is 0 Å². The van der Waals surface area contributed by atoms with Crippen molar-refractivity contribution in [3.8, 4) is 0 Å². The van der Waals surface area contributed by atoms with Crippen LogP contribution in [0, 0.1) is 0 Å². The Bertz CT molecular complexity index is 586. The van der Waals surface area contributed by atoms with Crippen molar-refractivity contribution in [1.29, 1.82) is 0 Å². The fourth-order valence-electron chi connectivity index (χ4n) is 1.70. The van der Waals surface area contributed by atoms with E-state index in [0.29, 0.717) is 5.46 Å². The minimum absolute atomic E-state index is 0.0558. The number of hydrogen-bond donors (Lipinski definition) is 1. The lowest BCUT2D eigenvalue weighted by molar-refractivity contribution is 0.00578. The fraction of sp³-hybridized carbons (Fsp3) is 0.615. The lowest BCUT2D eigenvalue weighted by Crippen LogP contribution is -2.41. The van der Waals surface area contributed by atoms with Gasteiger partial charge >= 0.3 is 7.12 Å². The lowest BCUT2D eigenvalue weighted by atomic mass is 9.80. The molecule has 6 nitrogen and oxygen atoms in total. The van der Waals surface area contributed by atoms with Gasteiger partial charge in [-0.2, -0.15) is 0 Å². The van der Waals surface area contributed by atoms with Crippen LogP contribution in [0.25, 0.3) is 0 Å². The van der Waals surface area contributed by atoms with E-state index in [9.17, 15) is 8.42 Å². The van der Waals surface area contributed by atoms with Crippen molar-refractivity contribution in [3.63, 3.8) is 0 Å². The van der Waals surface area contributed by atoms with Crippen molar-refractivity contribution in [2.24, 2.45) is 5.14 Å². The zero-order valence-corrected chi connectivity index (χ0v) is 14.2. The lowest BCUT2D eigenvalue weighted by Gasteiger charge is -2.32. The summed E-state index contributed by atoms with van der Waals surface area (Å²) in [4.78, 5) is 3.82. The number of primary sulfonamides is 1. The van der Waals surface area contributed by atoms with Crippen LogP contribution in [0.4, 0.5) is 0 Å². The van der Waals surface area contributed by atoms with Gasteiger partial charge in [0, 0.05) is 17.9 Å². The van der Waals surface area contributed by atoms with Crippen LogP contribution in [0.15, 0.2) is 23.4 Å². The van der Waals surface area contributed by atoms with Crippen molar-refractivity contribution in [1.82, 2.24) is 4.98 Å². The third kappa shape index (κ3) is 3.82. The van der Waals surface area contributed by atoms with Gasteiger partial charge in [0.2, 0.25) is 10.0 Å². The highest BCUT2D eigenvalue weighted by molar-refractivity contribution is 7.89. The molecule has 1 aliphatic heterocycles. The first-order valence-corrected chi connectivity index (χ1v) is 8.41. The molecule has 0 unspecified atom stereocenters. The van der Waals surface area contributed by atoms with E-state index in [2.05, 4.69) is 4.98 Å². The average molecular weight is 314 g/mol. The van der Waals surface area contributed by atoms with E-state index in [1.54, 1.807) is 0 Å². The van der Waals surface area contributed by atoms with Crippen molar-refractivity contribution in [2.45, 2.75) is 57.6 Å². The Hall–Kier alpha value is -0.955. The van der Waals surface area contributed by atoms with Crippen LogP contribution >= 0.6 is 0 Å². The molecule has 0 aliphatic carbocycles. The van der Waals surface area contributed by atoms with Gasteiger partial charge in [-0.25, -0.2) is 13.6 Å². The maximum Gasteiger partial charge on any atom is 0.496 e. The summed E-state index contributed by atoms with van der Waals surface area (Å²) >= 11 is 0. The maximum atomic E-state index is 11.3. The van der Waals surface area contributed by atoms with E-state index < -0.39 is 28.3 Å². The molecule has 0 radical (unpaired) electrons. The smallest absolute Gasteiger partial charge is 0.399 e. The first-order chi connectivity index (χ1) is 9.53. The molecule has 1 aromatic heterocycles. The molecular weight excluding hydrogens is 291 g/mol. The Kier molecular flexibility index (Phi) is 5.20. The second-order valence-corrected chi connectivity index (χ2v) is 7.15. The molecule has 21 heavy (non-hydrogen) atoms. The summed E-state index contributed by atoms with van der Waals surface area (Å²) in [7, 11) is -4.44. The number of rotatable bonds is 2. The summed E-state index contributed by atoms with van der Waals surface area (Å²) in [5, 5.41) is 5.08. The first-order valence-electron chi connectivity index (χ1n) is 6.86. The molecule has 0 atom stereocenters. The molecule has 1 fully saturated rings. The van der Waals surface area contributed by atoms with Gasteiger partial charge in [-0.3, -0.25) is 4.98 Å². The predicted molar refractivity (Wildman–Crippen MR) is 82.7 cm³/mol. The maximum absolute atomic E-state index is 11.3. The molecule has 1 aliphatic rings. The Balaban J connectivity index is 0.00000106. The molecule has 118 valence electrons. The van der Waals surface area contributed by atoms with Crippen LogP contribution in [0.3, 0.4) is 0 Å². The Morgan fingerprint density at radius 1 is 1.10 bits per heavy atom. The second kappa shape index (κ2) is 6.04. The molecule has 0 bridgehead atoms. The van der Waals surface area contributed by atoms with Crippen molar-refractivity contribution in [3.05, 3.63) is 18.5 Å². The number of nitrogens with two attached hydrogens (primary N) is 1. The van der Waals surface area contributed by atoms with Gasteiger partial charge in [-0.15, -0.1) is 0 Å². The average Bonchev–Trinajstić information content (AvgIpc) is 2.60. The van der Waals surface area contributed by atoms with E-state index in [4.69, 9.17) is 14.4 Å². The molecule has 1 aromatic rings. The minimum atomic E-state index is -3.79. The fourth-order valence-corrected chi connectivity index (χ4v) is 2.21. The van der Waals surface area contributed by atoms with Gasteiger partial charge in [-0.05, 0) is 33.8 Å². The van der Waals surface area contributed by atoms with Crippen LogP contribution in [0.5, 0.6) is 0 Å². The third-order valence-corrected chi connectivity index (χ3v) is 4.47. The van der Waals surface area contributed by atoms with Gasteiger partial charge in [0.1, 0.15) is 0 Å². The largest absolute Gasteiger partial charge is 0.496 e. The SMILES string of the molecule is CC.CC1(C)OB(c2cncc(S(N)(=O)=O)c2)OC1(C)C. The normalized spacial score (nSPS) is 19.9. The number of pyridine rings is 1. The zero-order valence-electron chi connectivity index (χ0n) is 13.4. The molecule has 0 saturated carbocycles. The molecule has 8 heteroatoms. The molecule has 2 N–H and O–H groups in total. The van der Waals surface area contributed by atoms with E-state index in [1.807, 2.05) is 41.5 Å². The van der Waals surface area contributed by atoms with Crippen LogP contribution in [-0.4, -0.2) is 31.7 Å². The van der Waals surface area contributed by atoms with Crippen LogP contribution < -0.4 is 10.6 Å². The zero-order chi connectivity index (χ0) is 16.5. The summed E-state index contributed by atoms with van der Waals surface area (Å²) in [6.07, 6.45) is 2.71. The Labute approximate surface area is 127 Å².